The zero-order chi connectivity index (χ0) is 25.9. The number of hydrogen-bond donors (Lipinski definition) is 3. The van der Waals surface area contributed by atoms with Gasteiger partial charge in [-0.15, -0.1) is 0 Å². The van der Waals surface area contributed by atoms with Gasteiger partial charge in [-0.05, 0) is 43.4 Å². The minimum absolute atomic E-state index is 0.00188. The standard InChI is InChI=1S/C24H33ClN4O6/c1-5-34-23-16(12-18(30)35-23)27-21(32)17-7-6-10-29(17)22(33)19(24(2,3)4)28-20(31)13-8-9-15(26)14(25)11-13/h8-9,11,16-17,19,23H,5-7,10,12,26H2,1-4H3,(H,27,32)(H,28,31)/t16-,17+,19-,23-/m0/s1. The maximum Gasteiger partial charge on any atom is 0.310 e. The van der Waals surface area contributed by atoms with Crippen molar-refractivity contribution in [2.24, 2.45) is 5.41 Å². The van der Waals surface area contributed by atoms with Crippen molar-refractivity contribution in [1.29, 1.82) is 0 Å². The average molecular weight is 509 g/mol. The monoisotopic (exact) mass is 508 g/mol. The summed E-state index contributed by atoms with van der Waals surface area (Å²) in [6.07, 6.45) is 0.255. The van der Waals surface area contributed by atoms with Crippen LogP contribution in [0.4, 0.5) is 5.69 Å². The number of esters is 1. The van der Waals surface area contributed by atoms with Gasteiger partial charge in [-0.2, -0.15) is 0 Å². The molecule has 2 saturated heterocycles. The molecule has 0 spiro atoms. The van der Waals surface area contributed by atoms with Crippen molar-refractivity contribution in [2.75, 3.05) is 18.9 Å². The van der Waals surface area contributed by atoms with Crippen molar-refractivity contribution in [3.05, 3.63) is 28.8 Å². The number of carbonyl (C=O) groups excluding carboxylic acids is 4. The zero-order valence-electron chi connectivity index (χ0n) is 20.4. The molecule has 0 bridgehead atoms. The molecule has 0 radical (unpaired) electrons. The number of cyclic esters (lactones) is 1. The lowest BCUT2D eigenvalue weighted by atomic mass is 9.85. The van der Waals surface area contributed by atoms with Gasteiger partial charge in [-0.1, -0.05) is 32.4 Å². The molecule has 3 rings (SSSR count). The number of nitrogens with two attached hydrogens (primary N) is 1. The molecule has 0 aliphatic carbocycles. The highest BCUT2D eigenvalue weighted by Gasteiger charge is 2.44. The summed E-state index contributed by atoms with van der Waals surface area (Å²) in [6.45, 7) is 7.98. The van der Waals surface area contributed by atoms with Crippen LogP contribution in [-0.2, 0) is 23.9 Å². The lowest BCUT2D eigenvalue weighted by molar-refractivity contribution is -0.164. The van der Waals surface area contributed by atoms with E-state index in [4.69, 9.17) is 26.8 Å². The van der Waals surface area contributed by atoms with Crippen molar-refractivity contribution in [3.8, 4) is 0 Å². The Balaban J connectivity index is 1.74. The summed E-state index contributed by atoms with van der Waals surface area (Å²) in [5.74, 6) is -1.66. The number of amides is 3. The van der Waals surface area contributed by atoms with Gasteiger partial charge in [0.2, 0.25) is 18.1 Å². The fourth-order valence-electron chi connectivity index (χ4n) is 4.25. The molecular formula is C24H33ClN4O6. The van der Waals surface area contributed by atoms with E-state index in [0.29, 0.717) is 31.7 Å². The van der Waals surface area contributed by atoms with Gasteiger partial charge in [0.05, 0.1) is 17.1 Å². The van der Waals surface area contributed by atoms with E-state index in [9.17, 15) is 19.2 Å². The molecule has 0 aromatic heterocycles. The molecular weight excluding hydrogens is 476 g/mol. The molecule has 3 amide bonds. The van der Waals surface area contributed by atoms with Gasteiger partial charge in [-0.3, -0.25) is 19.2 Å². The number of carbonyl (C=O) groups is 4. The summed E-state index contributed by atoms with van der Waals surface area (Å²) >= 11 is 6.05. The number of rotatable bonds is 7. The highest BCUT2D eigenvalue weighted by Crippen LogP contribution is 2.27. The van der Waals surface area contributed by atoms with Crippen LogP contribution >= 0.6 is 11.6 Å². The number of nitrogens with zero attached hydrogens (tertiary/aromatic N) is 1. The largest absolute Gasteiger partial charge is 0.433 e. The summed E-state index contributed by atoms with van der Waals surface area (Å²) in [5, 5.41) is 5.86. The highest BCUT2D eigenvalue weighted by molar-refractivity contribution is 6.33. The maximum atomic E-state index is 13.6. The molecule has 4 N–H and O–H groups in total. The first-order chi connectivity index (χ1) is 16.4. The van der Waals surface area contributed by atoms with E-state index in [1.165, 1.54) is 23.1 Å². The molecule has 0 saturated carbocycles. The Morgan fingerprint density at radius 3 is 2.66 bits per heavy atom. The second-order valence-corrected chi connectivity index (χ2v) is 10.2. The number of hydrogen-bond acceptors (Lipinski definition) is 7. The smallest absolute Gasteiger partial charge is 0.310 e. The Morgan fingerprint density at radius 1 is 1.31 bits per heavy atom. The first kappa shape index (κ1) is 26.7. The SMILES string of the molecule is CCO[C@H]1OC(=O)C[C@@H]1NC(=O)[C@H]1CCCN1C(=O)[C@H](NC(=O)c1ccc(N)c(Cl)c1)C(C)(C)C. The van der Waals surface area contributed by atoms with Crippen LogP contribution in [0.2, 0.25) is 5.02 Å². The fourth-order valence-corrected chi connectivity index (χ4v) is 4.43. The molecule has 2 fully saturated rings. The van der Waals surface area contributed by atoms with Crippen molar-refractivity contribution in [1.82, 2.24) is 15.5 Å². The summed E-state index contributed by atoms with van der Waals surface area (Å²) < 4.78 is 10.5. The minimum Gasteiger partial charge on any atom is -0.433 e. The Bertz CT molecular complexity index is 995. The van der Waals surface area contributed by atoms with Gasteiger partial charge in [0.15, 0.2) is 0 Å². The van der Waals surface area contributed by atoms with Crippen molar-refractivity contribution >= 4 is 41.0 Å². The van der Waals surface area contributed by atoms with Crippen LogP contribution in [0.25, 0.3) is 0 Å². The quantitative estimate of drug-likeness (QED) is 0.377. The van der Waals surface area contributed by atoms with Gasteiger partial charge in [0.1, 0.15) is 18.1 Å². The van der Waals surface area contributed by atoms with Gasteiger partial charge in [0, 0.05) is 18.7 Å². The third-order valence-corrected chi connectivity index (χ3v) is 6.44. The Kier molecular flexibility index (Phi) is 8.27. The normalized spacial score (nSPS) is 23.1. The summed E-state index contributed by atoms with van der Waals surface area (Å²) in [6, 6.07) is 2.26. The predicted molar refractivity (Wildman–Crippen MR) is 129 cm³/mol. The van der Waals surface area contributed by atoms with E-state index in [1.807, 2.05) is 20.8 Å². The highest BCUT2D eigenvalue weighted by atomic mass is 35.5. The van der Waals surface area contributed by atoms with Crippen LogP contribution in [0, 0.1) is 5.41 Å². The molecule has 2 heterocycles. The number of benzene rings is 1. The van der Waals surface area contributed by atoms with Crippen LogP contribution in [0.15, 0.2) is 18.2 Å². The molecule has 4 atom stereocenters. The number of nitrogens with one attached hydrogen (secondary N) is 2. The van der Waals surface area contributed by atoms with Gasteiger partial charge in [0.25, 0.3) is 5.91 Å². The fraction of sp³-hybridized carbons (Fsp3) is 0.583. The van der Waals surface area contributed by atoms with E-state index >= 15 is 0 Å². The first-order valence-corrected chi connectivity index (χ1v) is 12.1. The van der Waals surface area contributed by atoms with E-state index < -0.39 is 41.7 Å². The topological polar surface area (TPSA) is 140 Å². The van der Waals surface area contributed by atoms with E-state index in [1.54, 1.807) is 6.92 Å². The maximum absolute atomic E-state index is 13.6. The van der Waals surface area contributed by atoms with Crippen LogP contribution in [0.1, 0.15) is 57.3 Å². The average Bonchev–Trinajstić information content (AvgIpc) is 3.39. The molecule has 10 nitrogen and oxygen atoms in total. The second kappa shape index (κ2) is 10.8. The van der Waals surface area contributed by atoms with Gasteiger partial charge < -0.3 is 30.7 Å². The Morgan fingerprint density at radius 2 is 2.03 bits per heavy atom. The van der Waals surface area contributed by atoms with E-state index in [2.05, 4.69) is 10.6 Å². The molecule has 2 aliphatic rings. The molecule has 0 unspecified atom stereocenters. The Hall–Kier alpha value is -2.85. The number of nitrogen functional groups attached to an aromatic ring is 1. The van der Waals surface area contributed by atoms with Gasteiger partial charge >= 0.3 is 5.97 Å². The first-order valence-electron chi connectivity index (χ1n) is 11.7. The minimum atomic E-state index is -0.896. The lowest BCUT2D eigenvalue weighted by Gasteiger charge is -2.35. The van der Waals surface area contributed by atoms with Crippen molar-refractivity contribution in [3.63, 3.8) is 0 Å². The van der Waals surface area contributed by atoms with Gasteiger partial charge in [-0.25, -0.2) is 0 Å². The van der Waals surface area contributed by atoms with Crippen molar-refractivity contribution in [2.45, 2.75) is 71.4 Å². The molecule has 2 aliphatic heterocycles. The van der Waals surface area contributed by atoms with E-state index in [-0.39, 0.29) is 28.8 Å². The number of halogens is 1. The van der Waals surface area contributed by atoms with E-state index in [0.717, 1.165) is 0 Å². The summed E-state index contributed by atoms with van der Waals surface area (Å²) in [7, 11) is 0. The predicted octanol–water partition coefficient (Wildman–Crippen LogP) is 1.85. The molecule has 11 heteroatoms. The zero-order valence-corrected chi connectivity index (χ0v) is 21.2. The molecule has 35 heavy (non-hydrogen) atoms. The number of ether oxygens (including phenoxy) is 2. The van der Waals surface area contributed by atoms with Crippen LogP contribution < -0.4 is 16.4 Å². The number of likely N-dealkylation sites (tertiary alicyclic amines) is 1. The summed E-state index contributed by atoms with van der Waals surface area (Å²) in [4.78, 5) is 52.9. The third kappa shape index (κ3) is 6.24. The van der Waals surface area contributed by atoms with Crippen LogP contribution in [0.5, 0.6) is 0 Å². The number of anilines is 1. The molecule has 1 aromatic rings. The van der Waals surface area contributed by atoms with Crippen LogP contribution in [-0.4, -0.2) is 66.2 Å². The van der Waals surface area contributed by atoms with Crippen molar-refractivity contribution < 1.29 is 28.7 Å². The molecule has 192 valence electrons. The summed E-state index contributed by atoms with van der Waals surface area (Å²) in [5.41, 5.74) is 5.71. The van der Waals surface area contributed by atoms with Crippen LogP contribution in [0.3, 0.4) is 0 Å². The lowest BCUT2D eigenvalue weighted by Crippen LogP contribution is -2.58. The Labute approximate surface area is 209 Å². The molecule has 1 aromatic carbocycles. The second-order valence-electron chi connectivity index (χ2n) is 9.83. The third-order valence-electron chi connectivity index (χ3n) is 6.11.